The third-order valence-corrected chi connectivity index (χ3v) is 5.16. The first kappa shape index (κ1) is 16.7. The molecule has 1 aromatic carbocycles. The van der Waals surface area contributed by atoms with Gasteiger partial charge in [0, 0.05) is 25.7 Å². The third kappa shape index (κ3) is 2.85. The molecule has 0 amide bonds. The molecule has 1 aliphatic rings. The van der Waals surface area contributed by atoms with E-state index in [0.717, 1.165) is 54.1 Å². The number of hydrogen-bond donors (Lipinski definition) is 0. The lowest BCUT2D eigenvalue weighted by atomic mass is 9.83. The lowest BCUT2D eigenvalue weighted by Gasteiger charge is -2.38. The van der Waals surface area contributed by atoms with Gasteiger partial charge >= 0.3 is 0 Å². The molecule has 1 aromatic heterocycles. The zero-order valence-corrected chi connectivity index (χ0v) is 15.4. The first-order valence-electron chi connectivity index (χ1n) is 8.62. The van der Waals surface area contributed by atoms with E-state index in [-0.39, 0.29) is 5.56 Å². The number of benzene rings is 1. The summed E-state index contributed by atoms with van der Waals surface area (Å²) < 4.78 is 1.70. The second kappa shape index (κ2) is 5.76. The molecule has 0 saturated carbocycles. The van der Waals surface area contributed by atoms with E-state index in [0.29, 0.717) is 10.8 Å². The number of nitrogens with zero attached hydrogens (tertiary/aromatic N) is 3. The van der Waals surface area contributed by atoms with Crippen molar-refractivity contribution in [2.24, 2.45) is 12.5 Å². The maximum atomic E-state index is 12.9. The Labute approximate surface area is 143 Å². The van der Waals surface area contributed by atoms with Crippen LogP contribution in [0.1, 0.15) is 44.7 Å². The Morgan fingerprint density at radius 2 is 1.88 bits per heavy atom. The predicted molar refractivity (Wildman–Crippen MR) is 102 cm³/mol. The molecule has 0 unspecified atom stereocenters. The molecule has 0 spiro atoms. The van der Waals surface area contributed by atoms with Gasteiger partial charge in [-0.05, 0) is 55.4 Å². The summed E-state index contributed by atoms with van der Waals surface area (Å²) in [4.78, 5) is 20.1. The lowest BCUT2D eigenvalue weighted by Crippen LogP contribution is -2.40. The first-order valence-corrected chi connectivity index (χ1v) is 8.62. The SMILES string of the molecule is C=C(C)c1cc(C)cc2c(=O)n(C)c(N3CCC(C)(C)CC3)nc12. The quantitative estimate of drug-likeness (QED) is 0.840. The van der Waals surface area contributed by atoms with Gasteiger partial charge in [-0.15, -0.1) is 0 Å². The van der Waals surface area contributed by atoms with E-state index in [2.05, 4.69) is 31.4 Å². The minimum atomic E-state index is 0.0195. The van der Waals surface area contributed by atoms with Crippen LogP contribution in [-0.4, -0.2) is 22.6 Å². The van der Waals surface area contributed by atoms with Gasteiger partial charge in [-0.25, -0.2) is 4.98 Å². The van der Waals surface area contributed by atoms with E-state index in [1.807, 2.05) is 27.0 Å². The zero-order valence-electron chi connectivity index (χ0n) is 15.4. The Morgan fingerprint density at radius 3 is 2.46 bits per heavy atom. The molecular formula is C20H27N3O. The molecule has 0 radical (unpaired) electrons. The summed E-state index contributed by atoms with van der Waals surface area (Å²) in [5, 5.41) is 0.677. The Kier molecular flexibility index (Phi) is 4.02. The fourth-order valence-corrected chi connectivity index (χ4v) is 3.43. The van der Waals surface area contributed by atoms with Crippen molar-refractivity contribution in [2.75, 3.05) is 18.0 Å². The first-order chi connectivity index (χ1) is 11.2. The molecule has 1 saturated heterocycles. The summed E-state index contributed by atoms with van der Waals surface area (Å²) in [5.41, 5.74) is 4.14. The van der Waals surface area contributed by atoms with Crippen molar-refractivity contribution in [3.63, 3.8) is 0 Å². The van der Waals surface area contributed by atoms with Crippen LogP contribution in [0.3, 0.4) is 0 Å². The molecule has 0 aliphatic carbocycles. The third-order valence-electron chi connectivity index (χ3n) is 5.16. The number of hydrogen-bond acceptors (Lipinski definition) is 3. The number of aryl methyl sites for hydroxylation is 1. The van der Waals surface area contributed by atoms with E-state index in [1.54, 1.807) is 4.57 Å². The molecule has 128 valence electrons. The molecule has 0 N–H and O–H groups in total. The van der Waals surface area contributed by atoms with Crippen molar-refractivity contribution in [3.05, 3.63) is 40.2 Å². The van der Waals surface area contributed by atoms with Gasteiger partial charge in [0.05, 0.1) is 10.9 Å². The molecule has 2 aromatic rings. The maximum absolute atomic E-state index is 12.9. The van der Waals surface area contributed by atoms with Crippen LogP contribution in [0.25, 0.3) is 16.5 Å². The van der Waals surface area contributed by atoms with E-state index < -0.39 is 0 Å². The van der Waals surface area contributed by atoms with Crippen LogP contribution in [0.2, 0.25) is 0 Å². The average Bonchev–Trinajstić information content (AvgIpc) is 2.51. The Morgan fingerprint density at radius 1 is 1.25 bits per heavy atom. The molecule has 2 heterocycles. The summed E-state index contributed by atoms with van der Waals surface area (Å²) in [5.74, 6) is 0.773. The predicted octanol–water partition coefficient (Wildman–Crippen LogP) is 3.90. The van der Waals surface area contributed by atoms with Gasteiger partial charge in [0.1, 0.15) is 0 Å². The standard InChI is InChI=1S/C20H27N3O/c1-13(2)15-11-14(3)12-16-17(15)21-19(22(6)18(16)24)23-9-7-20(4,5)8-10-23/h11-12H,1,7-10H2,2-6H3. The monoisotopic (exact) mass is 325 g/mol. The van der Waals surface area contributed by atoms with Crippen molar-refractivity contribution in [2.45, 2.75) is 40.5 Å². The van der Waals surface area contributed by atoms with Crippen LogP contribution in [0.5, 0.6) is 0 Å². The van der Waals surface area contributed by atoms with Gasteiger partial charge in [0.2, 0.25) is 5.95 Å². The molecular weight excluding hydrogens is 298 g/mol. The second-order valence-corrected chi connectivity index (χ2v) is 7.92. The summed E-state index contributed by atoms with van der Waals surface area (Å²) >= 11 is 0. The van der Waals surface area contributed by atoms with Gasteiger partial charge in [-0.1, -0.05) is 20.4 Å². The number of anilines is 1. The average molecular weight is 325 g/mol. The summed E-state index contributed by atoms with van der Waals surface area (Å²) in [6, 6.07) is 4.00. The van der Waals surface area contributed by atoms with Gasteiger partial charge in [-0.2, -0.15) is 0 Å². The number of rotatable bonds is 2. The topological polar surface area (TPSA) is 38.1 Å². The van der Waals surface area contributed by atoms with Gasteiger partial charge in [-0.3, -0.25) is 9.36 Å². The van der Waals surface area contributed by atoms with Crippen LogP contribution in [0.4, 0.5) is 5.95 Å². The highest BCUT2D eigenvalue weighted by Gasteiger charge is 2.27. The van der Waals surface area contributed by atoms with E-state index in [4.69, 9.17) is 4.98 Å². The fraction of sp³-hybridized carbons (Fsp3) is 0.500. The van der Waals surface area contributed by atoms with Crippen molar-refractivity contribution in [1.82, 2.24) is 9.55 Å². The molecule has 24 heavy (non-hydrogen) atoms. The van der Waals surface area contributed by atoms with Gasteiger partial charge < -0.3 is 4.90 Å². The fourth-order valence-electron chi connectivity index (χ4n) is 3.43. The molecule has 1 aliphatic heterocycles. The zero-order chi connectivity index (χ0) is 17.6. The molecule has 0 bridgehead atoms. The number of allylic oxidation sites excluding steroid dienone is 1. The van der Waals surface area contributed by atoms with Gasteiger partial charge in [0.25, 0.3) is 5.56 Å². The summed E-state index contributed by atoms with van der Waals surface area (Å²) in [7, 11) is 1.83. The molecule has 0 atom stereocenters. The number of aromatic nitrogens is 2. The minimum Gasteiger partial charge on any atom is -0.342 e. The Bertz CT molecular complexity index is 867. The summed E-state index contributed by atoms with van der Waals surface area (Å²) in [6.07, 6.45) is 2.23. The molecule has 3 rings (SSSR count). The maximum Gasteiger partial charge on any atom is 0.262 e. The smallest absolute Gasteiger partial charge is 0.262 e. The highest BCUT2D eigenvalue weighted by atomic mass is 16.1. The van der Waals surface area contributed by atoms with Crippen molar-refractivity contribution in [3.8, 4) is 0 Å². The Balaban J connectivity index is 2.18. The largest absolute Gasteiger partial charge is 0.342 e. The van der Waals surface area contributed by atoms with Gasteiger partial charge in [0.15, 0.2) is 0 Å². The molecule has 1 fully saturated rings. The highest BCUT2D eigenvalue weighted by molar-refractivity contribution is 5.91. The van der Waals surface area contributed by atoms with Crippen molar-refractivity contribution < 1.29 is 0 Å². The molecule has 4 nitrogen and oxygen atoms in total. The number of piperidine rings is 1. The minimum absolute atomic E-state index is 0.0195. The van der Waals surface area contributed by atoms with Crippen LogP contribution < -0.4 is 10.5 Å². The van der Waals surface area contributed by atoms with Crippen molar-refractivity contribution in [1.29, 1.82) is 0 Å². The lowest BCUT2D eigenvalue weighted by molar-refractivity contribution is 0.277. The Hall–Kier alpha value is -2.10. The van der Waals surface area contributed by atoms with E-state index >= 15 is 0 Å². The van der Waals surface area contributed by atoms with E-state index in [9.17, 15) is 4.79 Å². The normalized spacial score (nSPS) is 17.3. The van der Waals surface area contributed by atoms with E-state index in [1.165, 1.54) is 0 Å². The number of fused-ring (bicyclic) bond motifs is 1. The highest BCUT2D eigenvalue weighted by Crippen LogP contribution is 2.32. The van der Waals surface area contributed by atoms with Crippen LogP contribution in [0.15, 0.2) is 23.5 Å². The van der Waals surface area contributed by atoms with Crippen LogP contribution in [-0.2, 0) is 7.05 Å². The van der Waals surface area contributed by atoms with Crippen LogP contribution >= 0.6 is 0 Å². The second-order valence-electron chi connectivity index (χ2n) is 7.92. The van der Waals surface area contributed by atoms with Crippen LogP contribution in [0, 0.1) is 12.3 Å². The summed E-state index contributed by atoms with van der Waals surface area (Å²) in [6.45, 7) is 14.5. The van der Waals surface area contributed by atoms with Crippen molar-refractivity contribution >= 4 is 22.4 Å². The molecule has 4 heteroatoms.